The number of carbonyl (C=O) groups is 1. The van der Waals surface area contributed by atoms with Crippen molar-refractivity contribution in [3.63, 3.8) is 0 Å². The average molecular weight is 577 g/mol. The zero-order valence-corrected chi connectivity index (χ0v) is 26.7. The van der Waals surface area contributed by atoms with Crippen molar-refractivity contribution in [2.45, 2.75) is 90.4 Å². The molecule has 0 saturated heterocycles. The van der Waals surface area contributed by atoms with Crippen LogP contribution in [0.4, 0.5) is 0 Å². The van der Waals surface area contributed by atoms with E-state index in [-0.39, 0.29) is 41.5 Å². The Kier molecular flexibility index (Phi) is 11.3. The maximum Gasteiger partial charge on any atom is 0.224 e. The predicted molar refractivity (Wildman–Crippen MR) is 169 cm³/mol. The van der Waals surface area contributed by atoms with Gasteiger partial charge in [0, 0.05) is 18.2 Å². The summed E-state index contributed by atoms with van der Waals surface area (Å²) in [6.07, 6.45) is 0.926. The van der Waals surface area contributed by atoms with Gasteiger partial charge in [-0.15, -0.1) is 0 Å². The van der Waals surface area contributed by atoms with Gasteiger partial charge in [0.2, 0.25) is 5.91 Å². The van der Waals surface area contributed by atoms with Crippen molar-refractivity contribution in [3.05, 3.63) is 101 Å². The van der Waals surface area contributed by atoms with Crippen molar-refractivity contribution in [3.8, 4) is 5.75 Å². The number of benzene rings is 3. The Morgan fingerprint density at radius 3 is 2.27 bits per heavy atom. The standard InChI is InChI=1S/C34H48N2O4Si/c1-24(18-26-12-11-13-27(19-26)20-33(39)36-25(2)28-14-9-8-10-15-28)35-22-32(40-41(6,7)34(3,4)5)29-16-17-31(38)30(21-29)23-37/h8-17,19,21,24-25,32,35,37-38H,18,20,22-23H2,1-7H3,(H,36,39)/t24-,25-,32+/m1/s1. The van der Waals surface area contributed by atoms with Crippen molar-refractivity contribution in [1.29, 1.82) is 0 Å². The maximum absolute atomic E-state index is 12.7. The van der Waals surface area contributed by atoms with Gasteiger partial charge in [-0.3, -0.25) is 4.79 Å². The fourth-order valence-electron chi connectivity index (χ4n) is 4.60. The lowest BCUT2D eigenvalue weighted by Crippen LogP contribution is -2.44. The van der Waals surface area contributed by atoms with Crippen LogP contribution in [0.15, 0.2) is 72.8 Å². The molecule has 3 atom stereocenters. The Morgan fingerprint density at radius 1 is 0.927 bits per heavy atom. The molecule has 0 fully saturated rings. The molecule has 1 amide bonds. The zero-order chi connectivity index (χ0) is 30.2. The van der Waals surface area contributed by atoms with Crippen LogP contribution in [-0.4, -0.2) is 37.0 Å². The molecule has 0 heterocycles. The van der Waals surface area contributed by atoms with Crippen LogP contribution >= 0.6 is 0 Å². The lowest BCUT2D eigenvalue weighted by molar-refractivity contribution is -0.121. The molecule has 0 aromatic heterocycles. The van der Waals surface area contributed by atoms with Crippen LogP contribution in [0.25, 0.3) is 0 Å². The van der Waals surface area contributed by atoms with Gasteiger partial charge in [0.15, 0.2) is 8.32 Å². The number of aliphatic hydroxyl groups excluding tert-OH is 1. The Balaban J connectivity index is 1.64. The largest absolute Gasteiger partial charge is 0.508 e. The van der Waals surface area contributed by atoms with Gasteiger partial charge >= 0.3 is 0 Å². The van der Waals surface area contributed by atoms with E-state index in [1.807, 2.05) is 61.5 Å². The highest BCUT2D eigenvalue weighted by atomic mass is 28.4. The molecule has 0 saturated carbocycles. The number of aromatic hydroxyl groups is 1. The van der Waals surface area contributed by atoms with Gasteiger partial charge in [-0.2, -0.15) is 0 Å². The summed E-state index contributed by atoms with van der Waals surface area (Å²) in [7, 11) is -2.10. The normalized spacial score (nSPS) is 14.3. The molecule has 0 unspecified atom stereocenters. The molecule has 0 radical (unpaired) electrons. The lowest BCUT2D eigenvalue weighted by atomic mass is 10.0. The molecule has 0 spiro atoms. The van der Waals surface area contributed by atoms with Crippen LogP contribution in [0.5, 0.6) is 5.75 Å². The maximum atomic E-state index is 12.7. The third kappa shape index (κ3) is 9.53. The van der Waals surface area contributed by atoms with E-state index >= 15 is 0 Å². The van der Waals surface area contributed by atoms with Gasteiger partial charge in [0.25, 0.3) is 0 Å². The molecule has 41 heavy (non-hydrogen) atoms. The summed E-state index contributed by atoms with van der Waals surface area (Å²) in [6.45, 7) is 15.7. The lowest BCUT2D eigenvalue weighted by Gasteiger charge is -2.40. The van der Waals surface area contributed by atoms with Crippen LogP contribution < -0.4 is 10.6 Å². The van der Waals surface area contributed by atoms with Gasteiger partial charge in [-0.25, -0.2) is 0 Å². The zero-order valence-electron chi connectivity index (χ0n) is 25.7. The minimum Gasteiger partial charge on any atom is -0.508 e. The highest BCUT2D eigenvalue weighted by Crippen LogP contribution is 2.40. The topological polar surface area (TPSA) is 90.8 Å². The van der Waals surface area contributed by atoms with Crippen LogP contribution in [0, 0.1) is 0 Å². The molecule has 0 aliphatic carbocycles. The summed E-state index contributed by atoms with van der Waals surface area (Å²) in [4.78, 5) is 12.7. The first kappa shape index (κ1) is 32.5. The van der Waals surface area contributed by atoms with E-state index in [9.17, 15) is 15.0 Å². The number of phenols is 1. The van der Waals surface area contributed by atoms with E-state index in [0.717, 1.165) is 23.1 Å². The second kappa shape index (κ2) is 14.3. The molecule has 0 aliphatic heterocycles. The minimum atomic E-state index is -2.10. The molecule has 222 valence electrons. The van der Waals surface area contributed by atoms with Crippen LogP contribution in [-0.2, 0) is 28.7 Å². The smallest absolute Gasteiger partial charge is 0.224 e. The number of nitrogens with one attached hydrogen (secondary N) is 2. The number of rotatable bonds is 13. The third-order valence-electron chi connectivity index (χ3n) is 8.12. The summed E-state index contributed by atoms with van der Waals surface area (Å²) in [5.74, 6) is 0.0955. The number of hydrogen-bond donors (Lipinski definition) is 4. The number of carbonyl (C=O) groups excluding carboxylic acids is 1. The molecule has 0 bridgehead atoms. The van der Waals surface area contributed by atoms with Crippen molar-refractivity contribution < 1.29 is 19.4 Å². The molecule has 6 nitrogen and oxygen atoms in total. The molecule has 0 aliphatic rings. The molecule has 3 aromatic carbocycles. The van der Waals surface area contributed by atoms with E-state index in [1.54, 1.807) is 6.07 Å². The van der Waals surface area contributed by atoms with Gasteiger partial charge in [0.1, 0.15) is 5.75 Å². The molecular formula is C34H48N2O4Si. The Morgan fingerprint density at radius 2 is 1.61 bits per heavy atom. The summed E-state index contributed by atoms with van der Waals surface area (Å²) < 4.78 is 6.82. The van der Waals surface area contributed by atoms with Crippen molar-refractivity contribution >= 4 is 14.2 Å². The molecule has 3 rings (SSSR count). The van der Waals surface area contributed by atoms with Crippen LogP contribution in [0.1, 0.15) is 74.6 Å². The molecule has 7 heteroatoms. The van der Waals surface area contributed by atoms with Gasteiger partial charge in [0.05, 0.1) is 25.2 Å². The number of aliphatic hydroxyl groups is 1. The number of amides is 1. The van der Waals surface area contributed by atoms with E-state index in [4.69, 9.17) is 4.43 Å². The third-order valence-corrected chi connectivity index (χ3v) is 12.6. The SMILES string of the molecule is C[C@H](Cc1cccc(CC(=O)N[C@H](C)c2ccccc2)c1)NC[C@H](O[Si](C)(C)C(C)(C)C)c1ccc(O)c(CO)c1. The van der Waals surface area contributed by atoms with E-state index in [1.165, 1.54) is 5.56 Å². The first-order chi connectivity index (χ1) is 19.3. The second-order valence-corrected chi connectivity index (χ2v) is 17.4. The summed E-state index contributed by atoms with van der Waals surface area (Å²) in [6, 6.07) is 23.7. The van der Waals surface area contributed by atoms with E-state index < -0.39 is 8.32 Å². The predicted octanol–water partition coefficient (Wildman–Crippen LogP) is 6.59. The Labute approximate surface area is 247 Å². The van der Waals surface area contributed by atoms with Crippen LogP contribution in [0.2, 0.25) is 18.1 Å². The average Bonchev–Trinajstić information content (AvgIpc) is 2.91. The highest BCUT2D eigenvalue weighted by molar-refractivity contribution is 6.74. The Hall–Kier alpha value is -2.97. The highest BCUT2D eigenvalue weighted by Gasteiger charge is 2.39. The molecule has 4 N–H and O–H groups in total. The summed E-state index contributed by atoms with van der Waals surface area (Å²) >= 11 is 0. The van der Waals surface area contributed by atoms with Gasteiger partial charge in [-0.1, -0.05) is 81.4 Å². The van der Waals surface area contributed by atoms with Crippen molar-refractivity contribution in [1.82, 2.24) is 10.6 Å². The van der Waals surface area contributed by atoms with Gasteiger partial charge < -0.3 is 25.3 Å². The molecular weight excluding hydrogens is 528 g/mol. The Bertz CT molecular complexity index is 1270. The molecule has 3 aromatic rings. The van der Waals surface area contributed by atoms with Gasteiger partial charge in [-0.05, 0) is 72.8 Å². The monoisotopic (exact) mass is 576 g/mol. The number of hydrogen-bond acceptors (Lipinski definition) is 5. The van der Waals surface area contributed by atoms with Crippen molar-refractivity contribution in [2.24, 2.45) is 0 Å². The van der Waals surface area contributed by atoms with Crippen LogP contribution in [0.3, 0.4) is 0 Å². The minimum absolute atomic E-state index is 0.00597. The first-order valence-electron chi connectivity index (χ1n) is 14.5. The quantitative estimate of drug-likeness (QED) is 0.172. The van der Waals surface area contributed by atoms with Crippen molar-refractivity contribution in [2.75, 3.05) is 6.54 Å². The fraction of sp³-hybridized carbons (Fsp3) is 0.441. The fourth-order valence-corrected chi connectivity index (χ4v) is 5.88. The van der Waals surface area contributed by atoms with E-state index in [0.29, 0.717) is 18.5 Å². The summed E-state index contributed by atoms with van der Waals surface area (Å²) in [5, 5.41) is 26.6. The second-order valence-electron chi connectivity index (χ2n) is 12.6. The first-order valence-corrected chi connectivity index (χ1v) is 17.5. The van der Waals surface area contributed by atoms with E-state index in [2.05, 4.69) is 63.6 Å². The summed E-state index contributed by atoms with van der Waals surface area (Å²) in [5.41, 5.74) is 4.69.